The lowest BCUT2D eigenvalue weighted by Gasteiger charge is -2.05. The number of carbonyl (C=O) groups is 2. The van der Waals surface area contributed by atoms with E-state index in [1.807, 2.05) is 0 Å². The zero-order chi connectivity index (χ0) is 13.4. The van der Waals surface area contributed by atoms with Gasteiger partial charge in [-0.1, -0.05) is 12.1 Å². The lowest BCUT2D eigenvalue weighted by atomic mass is 10.1. The topological polar surface area (TPSA) is 75.6 Å². The van der Waals surface area contributed by atoms with Crippen LogP contribution >= 0.6 is 0 Å². The molecular formula is C12H14FNO4. The molecule has 0 fully saturated rings. The molecule has 0 aliphatic carbocycles. The number of carbonyl (C=O) groups excluding carboxylic acids is 1. The number of aliphatic carboxylic acids is 1. The average molecular weight is 255 g/mol. The van der Waals surface area contributed by atoms with Crippen LogP contribution in [0.2, 0.25) is 0 Å². The molecule has 1 rings (SSSR count). The molecule has 0 saturated heterocycles. The van der Waals surface area contributed by atoms with Crippen LogP contribution < -0.4 is 5.32 Å². The molecule has 5 nitrogen and oxygen atoms in total. The molecule has 1 amide bonds. The number of hydrogen-bond acceptors (Lipinski definition) is 3. The highest BCUT2D eigenvalue weighted by molar-refractivity contribution is 5.77. The maximum Gasteiger partial charge on any atom is 0.329 e. The van der Waals surface area contributed by atoms with Gasteiger partial charge in [-0.25, -0.2) is 9.18 Å². The quantitative estimate of drug-likeness (QED) is 0.747. The van der Waals surface area contributed by atoms with E-state index in [4.69, 9.17) is 5.11 Å². The van der Waals surface area contributed by atoms with Gasteiger partial charge in [-0.15, -0.1) is 0 Å². The van der Waals surface area contributed by atoms with Crippen LogP contribution in [0, 0.1) is 5.82 Å². The van der Waals surface area contributed by atoms with Gasteiger partial charge in [-0.2, -0.15) is 0 Å². The molecule has 2 N–H and O–H groups in total. The predicted molar refractivity (Wildman–Crippen MR) is 61.6 cm³/mol. The van der Waals surface area contributed by atoms with Crippen molar-refractivity contribution in [2.45, 2.75) is 6.42 Å². The Morgan fingerprint density at radius 3 is 2.50 bits per heavy atom. The molecule has 0 aromatic heterocycles. The Morgan fingerprint density at radius 1 is 1.22 bits per heavy atom. The molecule has 18 heavy (non-hydrogen) atoms. The minimum Gasteiger partial charge on any atom is -0.480 e. The molecule has 0 saturated carbocycles. The first kappa shape index (κ1) is 14.1. The van der Waals surface area contributed by atoms with Crippen molar-refractivity contribution in [3.05, 3.63) is 35.6 Å². The van der Waals surface area contributed by atoms with E-state index in [1.165, 1.54) is 12.1 Å². The molecule has 0 spiro atoms. The van der Waals surface area contributed by atoms with E-state index in [9.17, 15) is 14.0 Å². The number of hydrogen-bond donors (Lipinski definition) is 2. The fraction of sp³-hybridized carbons (Fsp3) is 0.333. The van der Waals surface area contributed by atoms with E-state index in [2.05, 4.69) is 10.1 Å². The third-order valence-corrected chi connectivity index (χ3v) is 2.11. The predicted octanol–water partition coefficient (Wildman–Crippen LogP) is 0.586. The second kappa shape index (κ2) is 7.39. The smallest absolute Gasteiger partial charge is 0.329 e. The fourth-order valence-electron chi connectivity index (χ4n) is 1.28. The van der Waals surface area contributed by atoms with Crippen LogP contribution in [0.15, 0.2) is 24.3 Å². The van der Waals surface area contributed by atoms with Gasteiger partial charge in [-0.3, -0.25) is 4.79 Å². The van der Waals surface area contributed by atoms with E-state index in [0.717, 1.165) is 5.56 Å². The highest BCUT2D eigenvalue weighted by atomic mass is 19.1. The molecule has 6 heteroatoms. The number of carboxylic acids is 1. The zero-order valence-electron chi connectivity index (χ0n) is 9.69. The average Bonchev–Trinajstić information content (AvgIpc) is 2.31. The maximum atomic E-state index is 12.6. The Bertz CT molecular complexity index is 405. The molecule has 0 aliphatic heterocycles. The molecule has 0 atom stereocenters. The molecule has 98 valence electrons. The second-order valence-corrected chi connectivity index (χ2v) is 3.61. The molecule has 0 unspecified atom stereocenters. The minimum atomic E-state index is -1.12. The van der Waals surface area contributed by atoms with Gasteiger partial charge in [0.25, 0.3) is 0 Å². The van der Waals surface area contributed by atoms with Crippen molar-refractivity contribution in [2.24, 2.45) is 0 Å². The molecule has 0 radical (unpaired) electrons. The Hall–Kier alpha value is -1.95. The van der Waals surface area contributed by atoms with Crippen LogP contribution in [0.1, 0.15) is 5.56 Å². The number of nitrogens with one attached hydrogen (secondary N) is 1. The molecule has 0 heterocycles. The number of rotatable bonds is 7. The summed E-state index contributed by atoms with van der Waals surface area (Å²) in [5.74, 6) is -1.79. The number of benzene rings is 1. The lowest BCUT2D eigenvalue weighted by Crippen LogP contribution is -2.30. The molecule has 1 aromatic rings. The van der Waals surface area contributed by atoms with Crippen molar-refractivity contribution in [1.29, 1.82) is 0 Å². The highest BCUT2D eigenvalue weighted by Gasteiger charge is 2.03. The van der Waals surface area contributed by atoms with Gasteiger partial charge >= 0.3 is 5.97 Å². The Balaban J connectivity index is 2.15. The Morgan fingerprint density at radius 2 is 1.89 bits per heavy atom. The standard InChI is InChI=1S/C12H14FNO4/c13-10-3-1-9(2-4-10)5-6-14-11(15)7-18-8-12(16)17/h1-4H,5-8H2,(H,14,15)(H,16,17). The number of ether oxygens (including phenoxy) is 1. The third kappa shape index (κ3) is 5.95. The summed E-state index contributed by atoms with van der Waals surface area (Å²) in [7, 11) is 0. The van der Waals surface area contributed by atoms with Gasteiger partial charge < -0.3 is 15.2 Å². The van der Waals surface area contributed by atoms with Crippen LogP contribution in [0.3, 0.4) is 0 Å². The van der Waals surface area contributed by atoms with Crippen molar-refractivity contribution in [3.63, 3.8) is 0 Å². The van der Waals surface area contributed by atoms with Crippen LogP contribution in [-0.2, 0) is 20.7 Å². The number of halogens is 1. The van der Waals surface area contributed by atoms with E-state index in [-0.39, 0.29) is 18.3 Å². The minimum absolute atomic E-state index is 0.282. The van der Waals surface area contributed by atoms with Crippen LogP contribution in [0.5, 0.6) is 0 Å². The normalized spacial score (nSPS) is 10.1. The Kier molecular flexibility index (Phi) is 5.79. The van der Waals surface area contributed by atoms with Crippen molar-refractivity contribution in [1.82, 2.24) is 5.32 Å². The van der Waals surface area contributed by atoms with Crippen molar-refractivity contribution in [2.75, 3.05) is 19.8 Å². The van der Waals surface area contributed by atoms with Gasteiger partial charge in [0.15, 0.2) is 0 Å². The summed E-state index contributed by atoms with van der Waals surface area (Å²) in [5.41, 5.74) is 0.906. The van der Waals surface area contributed by atoms with Gasteiger partial charge in [0, 0.05) is 6.54 Å². The fourth-order valence-corrected chi connectivity index (χ4v) is 1.28. The van der Waals surface area contributed by atoms with Crippen LogP contribution in [0.25, 0.3) is 0 Å². The van der Waals surface area contributed by atoms with E-state index in [0.29, 0.717) is 13.0 Å². The highest BCUT2D eigenvalue weighted by Crippen LogP contribution is 2.02. The van der Waals surface area contributed by atoms with Crippen LogP contribution in [-0.4, -0.2) is 36.7 Å². The van der Waals surface area contributed by atoms with Crippen molar-refractivity contribution in [3.8, 4) is 0 Å². The van der Waals surface area contributed by atoms with Crippen LogP contribution in [0.4, 0.5) is 4.39 Å². The maximum absolute atomic E-state index is 12.6. The number of amides is 1. The molecule has 1 aromatic carbocycles. The molecule has 0 bridgehead atoms. The van der Waals surface area contributed by atoms with Crippen molar-refractivity contribution < 1.29 is 23.8 Å². The van der Waals surface area contributed by atoms with E-state index in [1.54, 1.807) is 12.1 Å². The second-order valence-electron chi connectivity index (χ2n) is 3.61. The monoisotopic (exact) mass is 255 g/mol. The van der Waals surface area contributed by atoms with Gasteiger partial charge in [0.2, 0.25) is 5.91 Å². The largest absolute Gasteiger partial charge is 0.480 e. The summed E-state index contributed by atoms with van der Waals surface area (Å²) < 4.78 is 17.2. The summed E-state index contributed by atoms with van der Waals surface area (Å²) in [6.45, 7) is -0.387. The van der Waals surface area contributed by atoms with Gasteiger partial charge in [0.05, 0.1) is 0 Å². The van der Waals surface area contributed by atoms with E-state index >= 15 is 0 Å². The number of carboxylic acid groups (broad SMARTS) is 1. The van der Waals surface area contributed by atoms with E-state index < -0.39 is 12.6 Å². The zero-order valence-corrected chi connectivity index (χ0v) is 9.69. The molecular weight excluding hydrogens is 241 g/mol. The lowest BCUT2D eigenvalue weighted by molar-refractivity contribution is -0.143. The summed E-state index contributed by atoms with van der Waals surface area (Å²) >= 11 is 0. The first-order valence-electron chi connectivity index (χ1n) is 5.38. The summed E-state index contributed by atoms with van der Waals surface area (Å²) in [4.78, 5) is 21.3. The third-order valence-electron chi connectivity index (χ3n) is 2.11. The summed E-state index contributed by atoms with van der Waals surface area (Å²) in [6, 6.07) is 5.99. The van der Waals surface area contributed by atoms with Gasteiger partial charge in [-0.05, 0) is 24.1 Å². The Labute approximate surface area is 104 Å². The first-order chi connectivity index (χ1) is 8.58. The van der Waals surface area contributed by atoms with Gasteiger partial charge in [0.1, 0.15) is 19.0 Å². The summed E-state index contributed by atoms with van der Waals surface area (Å²) in [6.07, 6.45) is 0.574. The SMILES string of the molecule is O=C(O)COCC(=O)NCCc1ccc(F)cc1. The molecule has 0 aliphatic rings. The first-order valence-corrected chi connectivity index (χ1v) is 5.38. The van der Waals surface area contributed by atoms with Crippen molar-refractivity contribution >= 4 is 11.9 Å². The summed E-state index contributed by atoms with van der Waals surface area (Å²) in [5, 5.41) is 10.9.